The number of benzene rings is 2. The van der Waals surface area contributed by atoms with Crippen molar-refractivity contribution in [2.75, 3.05) is 26.7 Å². The molecule has 0 unspecified atom stereocenters. The molecule has 1 aliphatic rings. The summed E-state index contributed by atoms with van der Waals surface area (Å²) in [6, 6.07) is 12.5. The maximum atomic E-state index is 13.2. The Morgan fingerprint density at radius 3 is 2.41 bits per heavy atom. The van der Waals surface area contributed by atoms with Crippen molar-refractivity contribution in [3.63, 3.8) is 0 Å². The largest absolute Gasteiger partial charge is 0.497 e. The summed E-state index contributed by atoms with van der Waals surface area (Å²) in [6.07, 6.45) is 2.27. The molecule has 0 radical (unpaired) electrons. The molecular formula is C25H32FN3O3. The number of halogens is 1. The van der Waals surface area contributed by atoms with Gasteiger partial charge in [-0.1, -0.05) is 26.0 Å². The third-order valence-corrected chi connectivity index (χ3v) is 5.87. The second-order valence-corrected chi connectivity index (χ2v) is 8.48. The first-order valence-corrected chi connectivity index (χ1v) is 11.1. The third kappa shape index (κ3) is 6.07. The Morgan fingerprint density at radius 1 is 1.09 bits per heavy atom. The van der Waals surface area contributed by atoms with Crippen LogP contribution in [-0.4, -0.2) is 49.5 Å². The lowest BCUT2D eigenvalue weighted by atomic mass is 10.0. The Balaban J connectivity index is 1.69. The molecule has 2 amide bonds. The molecule has 32 heavy (non-hydrogen) atoms. The predicted octanol–water partition coefficient (Wildman–Crippen LogP) is 3.54. The van der Waals surface area contributed by atoms with Gasteiger partial charge in [-0.25, -0.2) is 4.39 Å². The van der Waals surface area contributed by atoms with Crippen LogP contribution in [-0.2, 0) is 4.79 Å². The van der Waals surface area contributed by atoms with E-state index < -0.39 is 17.8 Å². The summed E-state index contributed by atoms with van der Waals surface area (Å²) >= 11 is 0. The molecule has 1 fully saturated rings. The number of amides is 2. The van der Waals surface area contributed by atoms with E-state index in [0.717, 1.165) is 37.2 Å². The average molecular weight is 442 g/mol. The van der Waals surface area contributed by atoms with Gasteiger partial charge >= 0.3 is 0 Å². The molecule has 2 aromatic carbocycles. The normalized spacial score (nSPS) is 15.9. The summed E-state index contributed by atoms with van der Waals surface area (Å²) in [5.41, 5.74) is 1.40. The minimum Gasteiger partial charge on any atom is -0.497 e. The van der Waals surface area contributed by atoms with Gasteiger partial charge < -0.3 is 15.4 Å². The zero-order chi connectivity index (χ0) is 23.1. The molecule has 6 nitrogen and oxygen atoms in total. The van der Waals surface area contributed by atoms with Gasteiger partial charge in [-0.3, -0.25) is 14.5 Å². The summed E-state index contributed by atoms with van der Waals surface area (Å²) < 4.78 is 18.5. The molecule has 7 heteroatoms. The molecule has 2 atom stereocenters. The number of carbonyl (C=O) groups is 2. The fraction of sp³-hybridized carbons (Fsp3) is 0.440. The SMILES string of the molecule is COc1cccc([C@H](CNC(=O)[C@H](NC(=O)c2ccc(F)cc2)C(C)C)N2CCCC2)c1. The maximum Gasteiger partial charge on any atom is 0.251 e. The van der Waals surface area contributed by atoms with Gasteiger partial charge in [0.15, 0.2) is 0 Å². The number of hydrogen-bond donors (Lipinski definition) is 2. The zero-order valence-corrected chi connectivity index (χ0v) is 18.9. The number of nitrogens with zero attached hydrogens (tertiary/aromatic N) is 1. The van der Waals surface area contributed by atoms with E-state index in [1.165, 1.54) is 24.3 Å². The van der Waals surface area contributed by atoms with Crippen molar-refractivity contribution in [3.05, 3.63) is 65.5 Å². The van der Waals surface area contributed by atoms with Gasteiger partial charge in [0, 0.05) is 12.1 Å². The van der Waals surface area contributed by atoms with Gasteiger partial charge in [-0.15, -0.1) is 0 Å². The smallest absolute Gasteiger partial charge is 0.251 e. The summed E-state index contributed by atoms with van der Waals surface area (Å²) in [5, 5.41) is 5.84. The first kappa shape index (κ1) is 23.7. The Bertz CT molecular complexity index is 911. The minimum atomic E-state index is -0.697. The van der Waals surface area contributed by atoms with Crippen LogP contribution in [0.2, 0.25) is 0 Å². The first-order valence-electron chi connectivity index (χ1n) is 11.1. The van der Waals surface area contributed by atoms with Crippen molar-refractivity contribution in [3.8, 4) is 5.75 Å². The average Bonchev–Trinajstić information content (AvgIpc) is 3.32. The van der Waals surface area contributed by atoms with E-state index in [9.17, 15) is 14.0 Å². The van der Waals surface area contributed by atoms with Gasteiger partial charge in [0.25, 0.3) is 5.91 Å². The van der Waals surface area contributed by atoms with E-state index in [2.05, 4.69) is 15.5 Å². The molecule has 1 heterocycles. The molecule has 172 valence electrons. The lowest BCUT2D eigenvalue weighted by Gasteiger charge is -2.30. The van der Waals surface area contributed by atoms with Crippen molar-refractivity contribution in [1.82, 2.24) is 15.5 Å². The van der Waals surface area contributed by atoms with Crippen LogP contribution < -0.4 is 15.4 Å². The van der Waals surface area contributed by atoms with Crippen LogP contribution in [0, 0.1) is 11.7 Å². The summed E-state index contributed by atoms with van der Waals surface area (Å²) in [7, 11) is 1.64. The monoisotopic (exact) mass is 441 g/mol. The van der Waals surface area contributed by atoms with Crippen LogP contribution in [0.4, 0.5) is 4.39 Å². The molecule has 3 rings (SSSR count). The molecule has 0 bridgehead atoms. The van der Waals surface area contributed by atoms with Crippen molar-refractivity contribution in [2.24, 2.45) is 5.92 Å². The number of nitrogens with one attached hydrogen (secondary N) is 2. The highest BCUT2D eigenvalue weighted by Crippen LogP contribution is 2.27. The van der Waals surface area contributed by atoms with E-state index in [0.29, 0.717) is 12.1 Å². The summed E-state index contributed by atoms with van der Waals surface area (Å²) in [4.78, 5) is 28.0. The fourth-order valence-corrected chi connectivity index (χ4v) is 4.03. The molecule has 0 saturated carbocycles. The van der Waals surface area contributed by atoms with E-state index in [4.69, 9.17) is 4.74 Å². The van der Waals surface area contributed by atoms with Crippen LogP contribution in [0.25, 0.3) is 0 Å². The van der Waals surface area contributed by atoms with Gasteiger partial charge in [0.1, 0.15) is 17.6 Å². The van der Waals surface area contributed by atoms with Gasteiger partial charge in [0.05, 0.1) is 13.2 Å². The second kappa shape index (κ2) is 11.1. The third-order valence-electron chi connectivity index (χ3n) is 5.87. The van der Waals surface area contributed by atoms with Gasteiger partial charge in [-0.05, 0) is 73.8 Å². The second-order valence-electron chi connectivity index (χ2n) is 8.48. The standard InChI is InChI=1S/C25H32FN3O3/c1-17(2)23(28-24(30)18-9-11-20(26)12-10-18)25(31)27-16-22(29-13-4-5-14-29)19-7-6-8-21(15-19)32-3/h6-12,15,17,22-23H,4-5,13-14,16H2,1-3H3,(H,27,31)(H,28,30)/t22-,23+/m0/s1. The number of rotatable bonds is 9. The van der Waals surface area contributed by atoms with Crippen molar-refractivity contribution in [1.29, 1.82) is 0 Å². The topological polar surface area (TPSA) is 70.7 Å². The molecule has 0 aliphatic carbocycles. The van der Waals surface area contributed by atoms with E-state index in [1.54, 1.807) is 7.11 Å². The Kier molecular flexibility index (Phi) is 8.22. The zero-order valence-electron chi connectivity index (χ0n) is 18.9. The summed E-state index contributed by atoms with van der Waals surface area (Å²) in [5.74, 6) is -0.374. The lowest BCUT2D eigenvalue weighted by Crippen LogP contribution is -2.51. The number of likely N-dealkylation sites (tertiary alicyclic amines) is 1. The number of carbonyl (C=O) groups excluding carboxylic acids is 2. The van der Waals surface area contributed by atoms with Crippen molar-refractivity contribution in [2.45, 2.75) is 38.8 Å². The van der Waals surface area contributed by atoms with Crippen LogP contribution in [0.15, 0.2) is 48.5 Å². The van der Waals surface area contributed by atoms with Crippen LogP contribution in [0.5, 0.6) is 5.75 Å². The molecular weight excluding hydrogens is 409 g/mol. The molecule has 2 N–H and O–H groups in total. The molecule has 0 aromatic heterocycles. The fourth-order valence-electron chi connectivity index (χ4n) is 4.03. The van der Waals surface area contributed by atoms with E-state index in [1.807, 2.05) is 38.1 Å². The number of methoxy groups -OCH3 is 1. The molecule has 1 aliphatic heterocycles. The van der Waals surface area contributed by atoms with Crippen LogP contribution in [0.1, 0.15) is 48.7 Å². The molecule has 2 aromatic rings. The Morgan fingerprint density at radius 2 is 1.78 bits per heavy atom. The highest BCUT2D eigenvalue weighted by atomic mass is 19.1. The molecule has 1 saturated heterocycles. The van der Waals surface area contributed by atoms with Crippen LogP contribution in [0.3, 0.4) is 0 Å². The highest BCUT2D eigenvalue weighted by molar-refractivity contribution is 5.97. The van der Waals surface area contributed by atoms with Gasteiger partial charge in [0.2, 0.25) is 5.91 Å². The summed E-state index contributed by atoms with van der Waals surface area (Å²) in [6.45, 7) is 6.16. The van der Waals surface area contributed by atoms with Crippen LogP contribution >= 0.6 is 0 Å². The number of ether oxygens (including phenoxy) is 1. The van der Waals surface area contributed by atoms with Crippen molar-refractivity contribution < 1.29 is 18.7 Å². The number of hydrogen-bond acceptors (Lipinski definition) is 4. The van der Waals surface area contributed by atoms with E-state index >= 15 is 0 Å². The van der Waals surface area contributed by atoms with Gasteiger partial charge in [-0.2, -0.15) is 0 Å². The Hall–Kier alpha value is -2.93. The highest BCUT2D eigenvalue weighted by Gasteiger charge is 2.28. The first-order chi connectivity index (χ1) is 15.4. The molecule has 0 spiro atoms. The van der Waals surface area contributed by atoms with E-state index in [-0.39, 0.29) is 17.9 Å². The quantitative estimate of drug-likeness (QED) is 0.625. The Labute approximate surface area is 189 Å². The van der Waals surface area contributed by atoms with Crippen molar-refractivity contribution >= 4 is 11.8 Å². The minimum absolute atomic E-state index is 0.0252. The maximum absolute atomic E-state index is 13.2. The predicted molar refractivity (Wildman–Crippen MR) is 122 cm³/mol. The lowest BCUT2D eigenvalue weighted by molar-refractivity contribution is -0.124.